The number of aliphatic hydroxyl groups is 1. The molecule has 3 N–H and O–H groups in total. The molecule has 0 amide bonds. The second-order valence-electron chi connectivity index (χ2n) is 7.28. The number of rotatable bonds is 4. The molecular formula is C22H25N3O2. The van der Waals surface area contributed by atoms with Crippen LogP contribution in [0.15, 0.2) is 53.3 Å². The number of benzene rings is 2. The maximum Gasteiger partial charge on any atom is 0.253 e. The van der Waals surface area contributed by atoms with Crippen molar-refractivity contribution in [1.29, 1.82) is 0 Å². The van der Waals surface area contributed by atoms with Gasteiger partial charge in [-0.1, -0.05) is 18.2 Å². The fourth-order valence-electron chi connectivity index (χ4n) is 3.67. The summed E-state index contributed by atoms with van der Waals surface area (Å²) in [6.45, 7) is 4.26. The fraction of sp³-hybridized carbons (Fsp3) is 0.318. The average Bonchev–Trinajstić information content (AvgIpc) is 2.68. The Morgan fingerprint density at radius 1 is 1.15 bits per heavy atom. The zero-order valence-corrected chi connectivity index (χ0v) is 15.5. The number of pyridine rings is 1. The summed E-state index contributed by atoms with van der Waals surface area (Å²) < 4.78 is 0. The van der Waals surface area contributed by atoms with Gasteiger partial charge in [0, 0.05) is 36.6 Å². The lowest BCUT2D eigenvalue weighted by molar-refractivity contribution is 0.145. The van der Waals surface area contributed by atoms with Crippen molar-refractivity contribution in [2.75, 3.05) is 23.3 Å². The van der Waals surface area contributed by atoms with Gasteiger partial charge >= 0.3 is 0 Å². The standard InChI is InChI=1S/C22H25N3O2/c1-15-3-2-4-16-13-17(22(27)24-21(15)16)14-23-18-5-7-19(8-6-18)25-11-9-20(26)10-12-25/h2-8,13,20,23,26H,9-12,14H2,1H3,(H,24,27). The first-order valence-electron chi connectivity index (χ1n) is 9.48. The van der Waals surface area contributed by atoms with Crippen LogP contribution in [-0.4, -0.2) is 29.3 Å². The maximum absolute atomic E-state index is 12.4. The van der Waals surface area contributed by atoms with E-state index in [4.69, 9.17) is 0 Å². The quantitative estimate of drug-likeness (QED) is 0.664. The Balaban J connectivity index is 1.45. The summed E-state index contributed by atoms with van der Waals surface area (Å²) in [7, 11) is 0. The summed E-state index contributed by atoms with van der Waals surface area (Å²) in [5.74, 6) is 0. The van der Waals surface area contributed by atoms with Gasteiger partial charge in [0.05, 0.1) is 11.6 Å². The molecule has 3 aromatic rings. The predicted molar refractivity (Wildman–Crippen MR) is 111 cm³/mol. The van der Waals surface area contributed by atoms with Crippen molar-refractivity contribution >= 4 is 22.3 Å². The molecule has 0 saturated carbocycles. The lowest BCUT2D eigenvalue weighted by Gasteiger charge is -2.31. The molecule has 2 aromatic carbocycles. The Morgan fingerprint density at radius 2 is 1.89 bits per heavy atom. The zero-order chi connectivity index (χ0) is 18.8. The molecule has 1 aromatic heterocycles. The first-order chi connectivity index (χ1) is 13.1. The van der Waals surface area contributed by atoms with Crippen LogP contribution in [-0.2, 0) is 6.54 Å². The topological polar surface area (TPSA) is 68.4 Å². The number of nitrogens with one attached hydrogen (secondary N) is 2. The van der Waals surface area contributed by atoms with E-state index in [-0.39, 0.29) is 11.7 Å². The first kappa shape index (κ1) is 17.6. The monoisotopic (exact) mass is 363 g/mol. The molecule has 27 heavy (non-hydrogen) atoms. The van der Waals surface area contributed by atoms with E-state index in [1.807, 2.05) is 43.3 Å². The number of hydrogen-bond donors (Lipinski definition) is 3. The van der Waals surface area contributed by atoms with Crippen molar-refractivity contribution in [3.8, 4) is 0 Å². The van der Waals surface area contributed by atoms with Crippen LogP contribution < -0.4 is 15.8 Å². The third-order valence-corrected chi connectivity index (χ3v) is 5.34. The molecule has 0 aliphatic carbocycles. The number of aromatic nitrogens is 1. The summed E-state index contributed by atoms with van der Waals surface area (Å²) in [5, 5.41) is 14.0. The second-order valence-corrected chi connectivity index (χ2v) is 7.28. The van der Waals surface area contributed by atoms with Crippen LogP contribution in [0.5, 0.6) is 0 Å². The van der Waals surface area contributed by atoms with Gasteiger partial charge in [-0.05, 0) is 61.0 Å². The summed E-state index contributed by atoms with van der Waals surface area (Å²) in [5.41, 5.74) is 4.81. The highest BCUT2D eigenvalue weighted by molar-refractivity contribution is 5.82. The highest BCUT2D eigenvalue weighted by Gasteiger charge is 2.17. The van der Waals surface area contributed by atoms with E-state index < -0.39 is 0 Å². The number of para-hydroxylation sites is 1. The van der Waals surface area contributed by atoms with Crippen molar-refractivity contribution in [2.24, 2.45) is 0 Å². The molecule has 1 saturated heterocycles. The SMILES string of the molecule is Cc1cccc2cc(CNc3ccc(N4CCC(O)CC4)cc3)c(=O)[nH]c12. The van der Waals surface area contributed by atoms with E-state index in [2.05, 4.69) is 27.3 Å². The number of aryl methyl sites for hydroxylation is 1. The molecule has 0 spiro atoms. The van der Waals surface area contributed by atoms with Crippen molar-refractivity contribution in [3.05, 3.63) is 70.0 Å². The largest absolute Gasteiger partial charge is 0.393 e. The van der Waals surface area contributed by atoms with Crippen LogP contribution in [0.3, 0.4) is 0 Å². The minimum Gasteiger partial charge on any atom is -0.393 e. The number of H-pyrrole nitrogens is 1. The first-order valence-corrected chi connectivity index (χ1v) is 9.48. The molecule has 5 heteroatoms. The summed E-state index contributed by atoms with van der Waals surface area (Å²) in [6.07, 6.45) is 1.49. The lowest BCUT2D eigenvalue weighted by Crippen LogP contribution is -2.35. The van der Waals surface area contributed by atoms with Crippen molar-refractivity contribution < 1.29 is 5.11 Å². The van der Waals surface area contributed by atoms with E-state index in [9.17, 15) is 9.90 Å². The van der Waals surface area contributed by atoms with Gasteiger partial charge in [0.2, 0.25) is 0 Å². The van der Waals surface area contributed by atoms with Crippen LogP contribution in [0.25, 0.3) is 10.9 Å². The molecular weight excluding hydrogens is 338 g/mol. The normalized spacial score (nSPS) is 15.3. The summed E-state index contributed by atoms with van der Waals surface area (Å²) >= 11 is 0. The zero-order valence-electron chi connectivity index (χ0n) is 15.5. The minimum atomic E-state index is -0.161. The van der Waals surface area contributed by atoms with E-state index in [0.717, 1.165) is 53.6 Å². The highest BCUT2D eigenvalue weighted by atomic mass is 16.3. The maximum atomic E-state index is 12.4. The Labute approximate surface area is 158 Å². The molecule has 1 aliphatic heterocycles. The summed E-state index contributed by atoms with van der Waals surface area (Å²) in [6, 6.07) is 16.3. The fourth-order valence-corrected chi connectivity index (χ4v) is 3.67. The van der Waals surface area contributed by atoms with Crippen LogP contribution in [0.4, 0.5) is 11.4 Å². The Hall–Kier alpha value is -2.79. The van der Waals surface area contributed by atoms with Crippen LogP contribution in [0, 0.1) is 6.92 Å². The van der Waals surface area contributed by atoms with Crippen molar-refractivity contribution in [1.82, 2.24) is 4.98 Å². The van der Waals surface area contributed by atoms with Gasteiger partial charge in [-0.25, -0.2) is 0 Å². The van der Waals surface area contributed by atoms with Gasteiger partial charge in [-0.2, -0.15) is 0 Å². The second kappa shape index (κ2) is 7.45. The molecule has 0 bridgehead atoms. The van der Waals surface area contributed by atoms with E-state index in [1.165, 1.54) is 5.69 Å². The molecule has 0 atom stereocenters. The van der Waals surface area contributed by atoms with Gasteiger partial charge in [0.25, 0.3) is 5.56 Å². The van der Waals surface area contributed by atoms with E-state index in [1.54, 1.807) is 0 Å². The van der Waals surface area contributed by atoms with Gasteiger partial charge in [-0.15, -0.1) is 0 Å². The van der Waals surface area contributed by atoms with Crippen LogP contribution >= 0.6 is 0 Å². The van der Waals surface area contributed by atoms with E-state index in [0.29, 0.717) is 6.54 Å². The predicted octanol–water partition coefficient (Wildman–Crippen LogP) is 3.41. The van der Waals surface area contributed by atoms with Gasteiger partial charge in [0.1, 0.15) is 0 Å². The molecule has 0 radical (unpaired) electrons. The van der Waals surface area contributed by atoms with Crippen LogP contribution in [0.2, 0.25) is 0 Å². The van der Waals surface area contributed by atoms with Gasteiger partial charge in [-0.3, -0.25) is 4.79 Å². The third-order valence-electron chi connectivity index (χ3n) is 5.34. The number of hydrogen-bond acceptors (Lipinski definition) is 4. The number of fused-ring (bicyclic) bond motifs is 1. The molecule has 1 fully saturated rings. The number of nitrogens with zero attached hydrogens (tertiary/aromatic N) is 1. The molecule has 5 nitrogen and oxygen atoms in total. The van der Waals surface area contributed by atoms with Crippen molar-refractivity contribution in [3.63, 3.8) is 0 Å². The smallest absolute Gasteiger partial charge is 0.253 e. The molecule has 140 valence electrons. The van der Waals surface area contributed by atoms with Gasteiger partial charge < -0.3 is 20.3 Å². The van der Waals surface area contributed by atoms with Crippen LogP contribution in [0.1, 0.15) is 24.0 Å². The van der Waals surface area contributed by atoms with E-state index >= 15 is 0 Å². The molecule has 2 heterocycles. The molecule has 1 aliphatic rings. The third kappa shape index (κ3) is 3.83. The number of aliphatic hydroxyl groups excluding tert-OH is 1. The van der Waals surface area contributed by atoms with Gasteiger partial charge in [0.15, 0.2) is 0 Å². The van der Waals surface area contributed by atoms with Crippen molar-refractivity contribution in [2.45, 2.75) is 32.4 Å². The Bertz CT molecular complexity index is 987. The number of piperidine rings is 1. The highest BCUT2D eigenvalue weighted by Crippen LogP contribution is 2.22. The number of aromatic amines is 1. The minimum absolute atomic E-state index is 0.0483. The Kier molecular flexibility index (Phi) is 4.86. The lowest BCUT2D eigenvalue weighted by atomic mass is 10.1. The molecule has 4 rings (SSSR count). The molecule has 0 unspecified atom stereocenters. The number of anilines is 2. The average molecular weight is 363 g/mol. The summed E-state index contributed by atoms with van der Waals surface area (Å²) in [4.78, 5) is 17.7. The Morgan fingerprint density at radius 3 is 2.63 bits per heavy atom.